The summed E-state index contributed by atoms with van der Waals surface area (Å²) in [7, 11) is 0. The molecule has 0 unspecified atom stereocenters. The molecule has 172 valence electrons. The number of nitro groups is 1. The standard InChI is InChI=1S/C24H19IN4O5/c25-16-3-1-2-15(12-16)24-27-20-13-17(4-7-22(20)34-24)26-23(30)19-14-18(29(31)32)5-6-21(19)28-8-10-33-11-9-28/h1-7,12-14H,8-11H2,(H,26,30). The van der Waals surface area contributed by atoms with Crippen LogP contribution in [0.4, 0.5) is 17.1 Å². The number of carbonyl (C=O) groups is 1. The van der Waals surface area contributed by atoms with Gasteiger partial charge in [-0.05, 0) is 65.1 Å². The number of anilines is 2. The van der Waals surface area contributed by atoms with Crippen molar-refractivity contribution in [2.24, 2.45) is 0 Å². The molecule has 1 aromatic heterocycles. The van der Waals surface area contributed by atoms with Crippen molar-refractivity contribution in [3.63, 3.8) is 0 Å². The SMILES string of the molecule is O=C(Nc1ccc2oc(-c3cccc(I)c3)nc2c1)c1cc([N+](=O)[O-])ccc1N1CCOCC1. The molecule has 0 radical (unpaired) electrons. The van der Waals surface area contributed by atoms with Crippen LogP contribution in [0.1, 0.15) is 10.4 Å². The van der Waals surface area contributed by atoms with Gasteiger partial charge in [-0.2, -0.15) is 0 Å². The number of carbonyl (C=O) groups excluding carboxylic acids is 1. The highest BCUT2D eigenvalue weighted by atomic mass is 127. The second kappa shape index (κ2) is 9.39. The maximum Gasteiger partial charge on any atom is 0.270 e. The van der Waals surface area contributed by atoms with Crippen LogP contribution in [0.15, 0.2) is 65.1 Å². The topological polar surface area (TPSA) is 111 Å². The van der Waals surface area contributed by atoms with Crippen LogP contribution in [0, 0.1) is 13.7 Å². The first-order valence-electron chi connectivity index (χ1n) is 10.6. The zero-order chi connectivity index (χ0) is 23.7. The lowest BCUT2D eigenvalue weighted by atomic mass is 10.1. The number of fused-ring (bicyclic) bond motifs is 1. The summed E-state index contributed by atoms with van der Waals surface area (Å²) >= 11 is 2.23. The number of amides is 1. The highest BCUT2D eigenvalue weighted by molar-refractivity contribution is 14.1. The smallest absolute Gasteiger partial charge is 0.270 e. The molecule has 10 heteroatoms. The van der Waals surface area contributed by atoms with Gasteiger partial charge in [-0.25, -0.2) is 4.98 Å². The van der Waals surface area contributed by atoms with E-state index in [4.69, 9.17) is 9.15 Å². The maximum absolute atomic E-state index is 13.2. The minimum Gasteiger partial charge on any atom is -0.436 e. The number of hydrogen-bond donors (Lipinski definition) is 1. The molecule has 1 fully saturated rings. The average molecular weight is 570 g/mol. The molecule has 9 nitrogen and oxygen atoms in total. The molecule has 0 atom stereocenters. The van der Waals surface area contributed by atoms with E-state index >= 15 is 0 Å². The number of rotatable bonds is 5. The molecule has 0 aliphatic carbocycles. The van der Waals surface area contributed by atoms with Gasteiger partial charge < -0.3 is 19.4 Å². The Morgan fingerprint density at radius 2 is 1.91 bits per heavy atom. The fourth-order valence-corrected chi connectivity index (χ4v) is 4.39. The van der Waals surface area contributed by atoms with Gasteiger partial charge in [0.25, 0.3) is 11.6 Å². The summed E-state index contributed by atoms with van der Waals surface area (Å²) in [6.45, 7) is 2.27. The first-order valence-corrected chi connectivity index (χ1v) is 11.6. The van der Waals surface area contributed by atoms with Crippen molar-refractivity contribution in [2.45, 2.75) is 0 Å². The molecule has 3 aromatic carbocycles. The molecule has 0 bridgehead atoms. The van der Waals surface area contributed by atoms with Gasteiger partial charge in [0.15, 0.2) is 5.58 Å². The molecule has 2 heterocycles. The van der Waals surface area contributed by atoms with E-state index in [-0.39, 0.29) is 11.3 Å². The van der Waals surface area contributed by atoms with Gasteiger partial charge in [0.2, 0.25) is 5.89 Å². The number of non-ortho nitro benzene ring substituents is 1. The zero-order valence-electron chi connectivity index (χ0n) is 17.9. The quantitative estimate of drug-likeness (QED) is 0.202. The molecular formula is C24H19IN4O5. The van der Waals surface area contributed by atoms with E-state index < -0.39 is 10.8 Å². The summed E-state index contributed by atoms with van der Waals surface area (Å²) < 4.78 is 12.3. The number of nitrogens with zero attached hydrogens (tertiary/aromatic N) is 3. The Kier molecular flexibility index (Phi) is 6.16. The second-order valence-corrected chi connectivity index (χ2v) is 8.97. The predicted molar refractivity (Wildman–Crippen MR) is 136 cm³/mol. The number of hydrogen-bond acceptors (Lipinski definition) is 7. The number of morpholine rings is 1. The Hall–Kier alpha value is -3.51. The summed E-state index contributed by atoms with van der Waals surface area (Å²) in [6.07, 6.45) is 0. The Bertz CT molecular complexity index is 1400. The lowest BCUT2D eigenvalue weighted by Crippen LogP contribution is -2.37. The number of oxazole rings is 1. The van der Waals surface area contributed by atoms with Crippen LogP contribution in [0.2, 0.25) is 0 Å². The Morgan fingerprint density at radius 1 is 1.09 bits per heavy atom. The lowest BCUT2D eigenvalue weighted by molar-refractivity contribution is -0.384. The molecule has 1 aliphatic heterocycles. The van der Waals surface area contributed by atoms with E-state index in [0.29, 0.717) is 54.7 Å². The highest BCUT2D eigenvalue weighted by Gasteiger charge is 2.22. The number of nitrogens with one attached hydrogen (secondary N) is 1. The van der Waals surface area contributed by atoms with Crippen LogP contribution in [0.25, 0.3) is 22.6 Å². The van der Waals surface area contributed by atoms with Crippen LogP contribution < -0.4 is 10.2 Å². The van der Waals surface area contributed by atoms with Crippen LogP contribution >= 0.6 is 22.6 Å². The Labute approximate surface area is 208 Å². The normalized spacial score (nSPS) is 13.7. The van der Waals surface area contributed by atoms with Gasteiger partial charge in [0, 0.05) is 40.0 Å². The molecule has 4 aromatic rings. The maximum atomic E-state index is 13.2. The van der Waals surface area contributed by atoms with Crippen molar-refractivity contribution >= 4 is 56.7 Å². The van der Waals surface area contributed by atoms with E-state index in [9.17, 15) is 14.9 Å². The minimum atomic E-state index is -0.506. The highest BCUT2D eigenvalue weighted by Crippen LogP contribution is 2.29. The minimum absolute atomic E-state index is 0.142. The summed E-state index contributed by atoms with van der Waals surface area (Å²) in [5.74, 6) is 0.0520. The Balaban J connectivity index is 1.44. The zero-order valence-corrected chi connectivity index (χ0v) is 20.0. The van der Waals surface area contributed by atoms with Crippen molar-refractivity contribution < 1.29 is 18.9 Å². The Morgan fingerprint density at radius 3 is 2.68 bits per heavy atom. The van der Waals surface area contributed by atoms with Crippen molar-refractivity contribution in [3.8, 4) is 11.5 Å². The number of ether oxygens (including phenoxy) is 1. The van der Waals surface area contributed by atoms with Gasteiger partial charge in [-0.15, -0.1) is 0 Å². The van der Waals surface area contributed by atoms with Crippen molar-refractivity contribution in [2.75, 3.05) is 36.5 Å². The van der Waals surface area contributed by atoms with Gasteiger partial charge in [0.05, 0.1) is 29.4 Å². The van der Waals surface area contributed by atoms with Gasteiger partial charge >= 0.3 is 0 Å². The fraction of sp³-hybridized carbons (Fsp3) is 0.167. The molecule has 5 rings (SSSR count). The lowest BCUT2D eigenvalue weighted by Gasteiger charge is -2.30. The third-order valence-corrected chi connectivity index (χ3v) is 6.18. The van der Waals surface area contributed by atoms with Gasteiger partial charge in [-0.1, -0.05) is 6.07 Å². The van der Waals surface area contributed by atoms with E-state index in [1.165, 1.54) is 12.1 Å². The van der Waals surface area contributed by atoms with Crippen molar-refractivity contribution in [3.05, 3.63) is 79.9 Å². The van der Waals surface area contributed by atoms with Crippen molar-refractivity contribution in [1.82, 2.24) is 4.98 Å². The van der Waals surface area contributed by atoms with E-state index in [1.807, 2.05) is 29.2 Å². The molecule has 1 aliphatic rings. The second-order valence-electron chi connectivity index (χ2n) is 7.72. The molecule has 34 heavy (non-hydrogen) atoms. The number of aromatic nitrogens is 1. The van der Waals surface area contributed by atoms with E-state index in [1.54, 1.807) is 24.3 Å². The molecule has 1 N–H and O–H groups in total. The molecule has 1 amide bonds. The molecular weight excluding hydrogens is 551 g/mol. The first kappa shape index (κ1) is 22.3. The van der Waals surface area contributed by atoms with Crippen LogP contribution in [-0.2, 0) is 4.74 Å². The summed E-state index contributed by atoms with van der Waals surface area (Å²) in [6, 6.07) is 17.3. The van der Waals surface area contributed by atoms with Crippen LogP contribution in [-0.4, -0.2) is 42.1 Å². The monoisotopic (exact) mass is 570 g/mol. The summed E-state index contributed by atoms with van der Waals surface area (Å²) in [4.78, 5) is 30.6. The third kappa shape index (κ3) is 4.59. The van der Waals surface area contributed by atoms with Crippen LogP contribution in [0.3, 0.4) is 0 Å². The number of benzene rings is 3. The van der Waals surface area contributed by atoms with E-state index in [0.717, 1.165) is 9.13 Å². The molecule has 0 spiro atoms. The first-order chi connectivity index (χ1) is 16.5. The van der Waals surface area contributed by atoms with Crippen molar-refractivity contribution in [1.29, 1.82) is 0 Å². The fourth-order valence-electron chi connectivity index (χ4n) is 3.85. The summed E-state index contributed by atoms with van der Waals surface area (Å²) in [5, 5.41) is 14.2. The molecule has 0 saturated carbocycles. The number of halogens is 1. The third-order valence-electron chi connectivity index (χ3n) is 5.50. The van der Waals surface area contributed by atoms with Gasteiger partial charge in [0.1, 0.15) is 5.52 Å². The largest absolute Gasteiger partial charge is 0.436 e. The van der Waals surface area contributed by atoms with Gasteiger partial charge in [-0.3, -0.25) is 14.9 Å². The number of nitro benzene ring substituents is 1. The van der Waals surface area contributed by atoms with E-state index in [2.05, 4.69) is 32.9 Å². The molecule has 1 saturated heterocycles. The van der Waals surface area contributed by atoms with Crippen LogP contribution in [0.5, 0.6) is 0 Å². The predicted octanol–water partition coefficient (Wildman–Crippen LogP) is 5.10. The summed E-state index contributed by atoms with van der Waals surface area (Å²) in [5.41, 5.74) is 3.29. The average Bonchev–Trinajstić information content (AvgIpc) is 3.28.